The zero-order chi connectivity index (χ0) is 14.8. The Bertz CT molecular complexity index is 787. The Balaban J connectivity index is 2.20. The molecule has 0 saturated heterocycles. The first-order valence-electron chi connectivity index (χ1n) is 6.76. The molecule has 3 rings (SSSR count). The van der Waals surface area contributed by atoms with Gasteiger partial charge in [0.1, 0.15) is 5.75 Å². The number of pyridine rings is 2. The van der Waals surface area contributed by atoms with Crippen molar-refractivity contribution in [1.82, 2.24) is 9.97 Å². The highest BCUT2D eigenvalue weighted by Gasteiger charge is 2.12. The maximum atomic E-state index is 11.6. The molecule has 2 heterocycles. The molecule has 3 aromatic rings. The number of rotatable bonds is 3. The molecule has 0 N–H and O–H groups in total. The highest BCUT2D eigenvalue weighted by molar-refractivity contribution is 7.89. The van der Waals surface area contributed by atoms with E-state index in [1.165, 1.54) is 0 Å². The molecule has 0 spiro atoms. The number of hydrogen-bond acceptors (Lipinski definition) is 3. The van der Waals surface area contributed by atoms with E-state index in [2.05, 4.69) is 11.1 Å². The Morgan fingerprint density at radius 3 is 2.57 bits per heavy atom. The quantitative estimate of drug-likeness (QED) is 0.695. The molecule has 106 valence electrons. The second kappa shape index (κ2) is 5.84. The number of aryl methyl sites for hydroxylation is 1. The fraction of sp³-hybridized carbons (Fsp3) is 0.176. The van der Waals surface area contributed by atoms with Crippen LogP contribution in [0.15, 0.2) is 48.5 Å². The van der Waals surface area contributed by atoms with E-state index in [4.69, 9.17) is 4.98 Å². The van der Waals surface area contributed by atoms with Crippen molar-refractivity contribution in [2.45, 2.75) is 12.7 Å². The van der Waals surface area contributed by atoms with Crippen molar-refractivity contribution in [3.63, 3.8) is 0 Å². The Kier molecular flexibility index (Phi) is 3.90. The van der Waals surface area contributed by atoms with Crippen molar-refractivity contribution in [3.8, 4) is 11.4 Å². The molecule has 21 heavy (non-hydrogen) atoms. The largest absolute Gasteiger partial charge is 0.616 e. The molecule has 0 aliphatic carbocycles. The third-order valence-electron chi connectivity index (χ3n) is 3.31. The van der Waals surface area contributed by atoms with Crippen LogP contribution in [0.2, 0.25) is 0 Å². The van der Waals surface area contributed by atoms with Gasteiger partial charge in [-0.05, 0) is 30.5 Å². The van der Waals surface area contributed by atoms with Gasteiger partial charge in [0, 0.05) is 11.1 Å². The lowest BCUT2D eigenvalue weighted by atomic mass is 10.1. The van der Waals surface area contributed by atoms with Crippen LogP contribution in [-0.4, -0.2) is 20.8 Å². The number of benzene rings is 1. The summed E-state index contributed by atoms with van der Waals surface area (Å²) in [6.45, 7) is 1.96. The van der Waals surface area contributed by atoms with E-state index in [0.717, 1.165) is 33.5 Å². The first-order chi connectivity index (χ1) is 10.1. The molecule has 0 fully saturated rings. The molecule has 3 nitrogen and oxygen atoms in total. The molecule has 0 bridgehead atoms. The average Bonchev–Trinajstić information content (AvgIpc) is 2.46. The van der Waals surface area contributed by atoms with Crippen LogP contribution in [0.4, 0.5) is 0 Å². The van der Waals surface area contributed by atoms with Crippen LogP contribution in [-0.2, 0) is 16.9 Å². The molecular weight excluding hydrogens is 280 g/mol. The standard InChI is InChI=1S/C17H16N2OS/c1-12-6-5-9-15(18-12)16-10-13-7-3-4-8-14(13)17(19-16)11-21(2)20/h3-10H,11H2,1-2H3. The van der Waals surface area contributed by atoms with Gasteiger partial charge >= 0.3 is 0 Å². The number of fused-ring (bicyclic) bond motifs is 1. The van der Waals surface area contributed by atoms with E-state index < -0.39 is 11.2 Å². The van der Waals surface area contributed by atoms with Gasteiger partial charge in [-0.1, -0.05) is 41.5 Å². The summed E-state index contributed by atoms with van der Waals surface area (Å²) >= 11 is -0.925. The lowest BCUT2D eigenvalue weighted by Gasteiger charge is -2.10. The fourth-order valence-corrected chi connectivity index (χ4v) is 3.00. The molecule has 4 heteroatoms. The fourth-order valence-electron chi connectivity index (χ4n) is 2.39. The van der Waals surface area contributed by atoms with Gasteiger partial charge in [-0.15, -0.1) is 0 Å². The summed E-state index contributed by atoms with van der Waals surface area (Å²) in [5.74, 6) is 0.459. The molecule has 0 aliphatic heterocycles. The van der Waals surface area contributed by atoms with Crippen LogP contribution >= 0.6 is 0 Å². The summed E-state index contributed by atoms with van der Waals surface area (Å²) in [6, 6.07) is 16.0. The smallest absolute Gasteiger partial charge is 0.147 e. The van der Waals surface area contributed by atoms with E-state index in [1.807, 2.05) is 49.4 Å². The van der Waals surface area contributed by atoms with Crippen LogP contribution in [0.3, 0.4) is 0 Å². The lowest BCUT2D eigenvalue weighted by Crippen LogP contribution is -2.05. The Labute approximate surface area is 127 Å². The molecule has 1 atom stereocenters. The van der Waals surface area contributed by atoms with E-state index in [1.54, 1.807) is 6.26 Å². The van der Waals surface area contributed by atoms with Crippen molar-refractivity contribution in [2.24, 2.45) is 0 Å². The van der Waals surface area contributed by atoms with Gasteiger partial charge in [0.2, 0.25) is 0 Å². The maximum absolute atomic E-state index is 11.6. The van der Waals surface area contributed by atoms with E-state index in [-0.39, 0.29) is 0 Å². The van der Waals surface area contributed by atoms with E-state index in [9.17, 15) is 4.55 Å². The van der Waals surface area contributed by atoms with Gasteiger partial charge < -0.3 is 4.55 Å². The predicted octanol–water partition coefficient (Wildman–Crippen LogP) is 3.48. The van der Waals surface area contributed by atoms with Gasteiger partial charge in [0.05, 0.1) is 23.3 Å². The average molecular weight is 296 g/mol. The van der Waals surface area contributed by atoms with Crippen LogP contribution in [0, 0.1) is 6.92 Å². The first kappa shape index (κ1) is 14.0. The van der Waals surface area contributed by atoms with Gasteiger partial charge in [-0.3, -0.25) is 4.98 Å². The topological polar surface area (TPSA) is 48.8 Å². The second-order valence-corrected chi connectivity index (χ2v) is 6.49. The monoisotopic (exact) mass is 296 g/mol. The normalized spacial score (nSPS) is 12.5. The Hall–Kier alpha value is -1.91. The zero-order valence-electron chi connectivity index (χ0n) is 12.0. The molecule has 0 amide bonds. The van der Waals surface area contributed by atoms with Gasteiger partial charge in [-0.25, -0.2) is 4.98 Å². The summed E-state index contributed by atoms with van der Waals surface area (Å²) in [5.41, 5.74) is 3.51. The molecular formula is C17H16N2OS. The molecule has 0 aliphatic rings. The molecule has 1 unspecified atom stereocenters. The van der Waals surface area contributed by atoms with Gasteiger partial charge in [-0.2, -0.15) is 0 Å². The summed E-state index contributed by atoms with van der Waals surface area (Å²) in [6.07, 6.45) is 1.70. The minimum absolute atomic E-state index is 0.459. The Morgan fingerprint density at radius 1 is 1.00 bits per heavy atom. The SMILES string of the molecule is Cc1cccc(-c2cc3ccccc3c(C[S+](C)[O-])n2)n1. The van der Waals surface area contributed by atoms with Crippen molar-refractivity contribution < 1.29 is 4.55 Å². The third kappa shape index (κ3) is 3.06. The Morgan fingerprint density at radius 2 is 1.81 bits per heavy atom. The first-order valence-corrected chi connectivity index (χ1v) is 8.49. The van der Waals surface area contributed by atoms with Gasteiger partial charge in [0.15, 0.2) is 0 Å². The van der Waals surface area contributed by atoms with Crippen LogP contribution in [0.1, 0.15) is 11.4 Å². The third-order valence-corrected chi connectivity index (χ3v) is 3.99. The number of hydrogen-bond donors (Lipinski definition) is 0. The van der Waals surface area contributed by atoms with Crippen molar-refractivity contribution in [3.05, 3.63) is 59.9 Å². The lowest BCUT2D eigenvalue weighted by molar-refractivity contribution is 0.599. The summed E-state index contributed by atoms with van der Waals surface area (Å²) in [5, 5.41) is 2.16. The van der Waals surface area contributed by atoms with Crippen LogP contribution in [0.5, 0.6) is 0 Å². The van der Waals surface area contributed by atoms with Crippen molar-refractivity contribution in [2.75, 3.05) is 6.26 Å². The summed E-state index contributed by atoms with van der Waals surface area (Å²) in [7, 11) is 0. The minimum atomic E-state index is -0.925. The molecule has 2 aromatic heterocycles. The van der Waals surface area contributed by atoms with Crippen molar-refractivity contribution >= 4 is 21.9 Å². The van der Waals surface area contributed by atoms with Crippen molar-refractivity contribution in [1.29, 1.82) is 0 Å². The molecule has 0 saturated carbocycles. The molecule has 0 radical (unpaired) electrons. The highest BCUT2D eigenvalue weighted by atomic mass is 32.2. The van der Waals surface area contributed by atoms with Crippen LogP contribution < -0.4 is 0 Å². The van der Waals surface area contributed by atoms with E-state index >= 15 is 0 Å². The summed E-state index contributed by atoms with van der Waals surface area (Å²) < 4.78 is 11.6. The summed E-state index contributed by atoms with van der Waals surface area (Å²) in [4.78, 5) is 9.23. The highest BCUT2D eigenvalue weighted by Crippen LogP contribution is 2.25. The van der Waals surface area contributed by atoms with Gasteiger partial charge in [0.25, 0.3) is 0 Å². The second-order valence-electron chi connectivity index (χ2n) is 5.06. The van der Waals surface area contributed by atoms with Crippen LogP contribution in [0.25, 0.3) is 22.2 Å². The maximum Gasteiger partial charge on any atom is 0.147 e. The minimum Gasteiger partial charge on any atom is -0.616 e. The van der Waals surface area contributed by atoms with E-state index in [0.29, 0.717) is 5.75 Å². The zero-order valence-corrected chi connectivity index (χ0v) is 12.9. The molecule has 1 aromatic carbocycles. The predicted molar refractivity (Wildman–Crippen MR) is 87.5 cm³/mol. The number of aromatic nitrogens is 2. The number of nitrogens with zero attached hydrogens (tertiary/aromatic N) is 2.